The first-order valence-corrected chi connectivity index (χ1v) is 12.9. The van der Waals surface area contributed by atoms with Crippen LogP contribution >= 0.6 is 0 Å². The van der Waals surface area contributed by atoms with E-state index in [1.165, 1.54) is 4.90 Å². The molecule has 0 radical (unpaired) electrons. The Hall–Kier alpha value is -3.29. The lowest BCUT2D eigenvalue weighted by molar-refractivity contribution is -0.117. The zero-order valence-electron chi connectivity index (χ0n) is 20.7. The molecule has 1 saturated heterocycles. The van der Waals surface area contributed by atoms with Crippen LogP contribution in [0, 0.1) is 11.7 Å². The van der Waals surface area contributed by atoms with Crippen molar-refractivity contribution in [2.45, 2.75) is 59.1 Å². The van der Waals surface area contributed by atoms with Crippen molar-refractivity contribution in [3.05, 3.63) is 17.4 Å². The SMILES string of the molecule is CCC(C)CN(C[C@H]1Cc2c(cc(O)c(N3CC(=O)NS3(=O)=O)c2F)N1C(=O)O)C(=O)OC(C)(C)C. The maximum atomic E-state index is 15.6. The van der Waals surface area contributed by atoms with Gasteiger partial charge in [-0.25, -0.2) is 23.0 Å². The van der Waals surface area contributed by atoms with E-state index >= 15 is 4.39 Å². The molecule has 0 aromatic heterocycles. The van der Waals surface area contributed by atoms with Gasteiger partial charge < -0.3 is 19.8 Å². The number of nitrogens with one attached hydrogen (secondary N) is 1. The number of carbonyl (C=O) groups is 3. The molecule has 3 amide bonds. The minimum atomic E-state index is -4.42. The van der Waals surface area contributed by atoms with Crippen LogP contribution in [0.2, 0.25) is 0 Å². The number of benzene rings is 1. The van der Waals surface area contributed by atoms with E-state index in [9.17, 15) is 33.0 Å². The Morgan fingerprint density at radius 3 is 2.50 bits per heavy atom. The molecule has 12 nitrogen and oxygen atoms in total. The van der Waals surface area contributed by atoms with E-state index in [2.05, 4.69) is 0 Å². The first-order chi connectivity index (χ1) is 16.6. The summed E-state index contributed by atoms with van der Waals surface area (Å²) in [6.45, 7) is 8.37. The third-order valence-electron chi connectivity index (χ3n) is 5.95. The number of aromatic hydroxyl groups is 1. The molecule has 2 heterocycles. The standard InChI is InChI=1S/C22H31FN4O8S/c1-6-12(2)9-25(21(32)35-22(3,4)5)10-13-7-14-15(27(13)20(30)31)8-16(28)19(18(14)23)26-11-17(29)24-36(26,33)34/h8,12-13,28H,6-7,9-11H2,1-5H3,(H,24,29)(H,30,31)/t12?,13-/m1/s1. The molecule has 36 heavy (non-hydrogen) atoms. The number of rotatable bonds is 6. The summed E-state index contributed by atoms with van der Waals surface area (Å²) in [5.74, 6) is -2.85. The van der Waals surface area contributed by atoms with Gasteiger partial charge in [-0.2, -0.15) is 8.42 Å². The first-order valence-electron chi connectivity index (χ1n) is 11.4. The maximum Gasteiger partial charge on any atom is 0.412 e. The van der Waals surface area contributed by atoms with E-state index < -0.39 is 63.7 Å². The zero-order chi connectivity index (χ0) is 27.2. The molecule has 0 aliphatic carbocycles. The number of phenols is 1. The second-order valence-electron chi connectivity index (χ2n) is 10.0. The Labute approximate surface area is 208 Å². The molecular weight excluding hydrogens is 499 g/mol. The summed E-state index contributed by atoms with van der Waals surface area (Å²) in [6, 6.07) is 0.0142. The number of anilines is 2. The van der Waals surface area contributed by atoms with Gasteiger partial charge in [0.25, 0.3) is 5.91 Å². The van der Waals surface area contributed by atoms with Crippen molar-refractivity contribution in [1.82, 2.24) is 9.62 Å². The van der Waals surface area contributed by atoms with Crippen LogP contribution in [0.4, 0.5) is 25.4 Å². The molecule has 0 saturated carbocycles. The van der Waals surface area contributed by atoms with Gasteiger partial charge in [-0.3, -0.25) is 9.69 Å². The number of halogens is 1. The lowest BCUT2D eigenvalue weighted by atomic mass is 10.1. The van der Waals surface area contributed by atoms with E-state index in [-0.39, 0.29) is 36.7 Å². The summed E-state index contributed by atoms with van der Waals surface area (Å²) < 4.78 is 47.7. The molecular formula is C22H31FN4O8S. The lowest BCUT2D eigenvalue weighted by Crippen LogP contribution is -2.49. The average molecular weight is 531 g/mol. The van der Waals surface area contributed by atoms with Crippen molar-refractivity contribution in [3.8, 4) is 5.75 Å². The van der Waals surface area contributed by atoms with Gasteiger partial charge in [-0.1, -0.05) is 20.3 Å². The fourth-order valence-electron chi connectivity index (χ4n) is 4.18. The number of fused-ring (bicyclic) bond motifs is 1. The summed E-state index contributed by atoms with van der Waals surface area (Å²) in [5.41, 5.74) is -1.87. The van der Waals surface area contributed by atoms with Crippen molar-refractivity contribution < 1.29 is 42.1 Å². The number of phenolic OH excluding ortho intramolecular Hbond substituents is 1. The van der Waals surface area contributed by atoms with E-state index in [0.29, 0.717) is 4.31 Å². The van der Waals surface area contributed by atoms with Crippen molar-refractivity contribution in [1.29, 1.82) is 0 Å². The zero-order valence-corrected chi connectivity index (χ0v) is 21.6. The summed E-state index contributed by atoms with van der Waals surface area (Å²) in [4.78, 5) is 38.9. The van der Waals surface area contributed by atoms with Gasteiger partial charge in [0.05, 0.1) is 11.7 Å². The van der Waals surface area contributed by atoms with Crippen LogP contribution < -0.4 is 13.9 Å². The van der Waals surface area contributed by atoms with E-state index in [0.717, 1.165) is 17.4 Å². The predicted octanol–water partition coefficient (Wildman–Crippen LogP) is 2.40. The Kier molecular flexibility index (Phi) is 7.31. The minimum absolute atomic E-state index is 0.0670. The lowest BCUT2D eigenvalue weighted by Gasteiger charge is -2.33. The van der Waals surface area contributed by atoms with Crippen LogP contribution in [0.1, 0.15) is 46.6 Å². The van der Waals surface area contributed by atoms with E-state index in [1.807, 2.05) is 13.8 Å². The summed E-state index contributed by atoms with van der Waals surface area (Å²) in [7, 11) is -4.42. The van der Waals surface area contributed by atoms with Gasteiger partial charge in [0.2, 0.25) is 0 Å². The Bertz CT molecular complexity index is 1180. The highest BCUT2D eigenvalue weighted by atomic mass is 32.2. The molecule has 1 fully saturated rings. The molecule has 2 aliphatic rings. The molecule has 1 aromatic carbocycles. The van der Waals surface area contributed by atoms with Crippen molar-refractivity contribution >= 4 is 39.7 Å². The molecule has 14 heteroatoms. The first kappa shape index (κ1) is 27.3. The molecule has 3 N–H and O–H groups in total. The number of carbonyl (C=O) groups excluding carboxylic acids is 2. The van der Waals surface area contributed by atoms with Crippen molar-refractivity contribution in [3.63, 3.8) is 0 Å². The largest absolute Gasteiger partial charge is 0.506 e. The van der Waals surface area contributed by atoms with E-state index in [1.54, 1.807) is 25.5 Å². The molecule has 1 unspecified atom stereocenters. The average Bonchev–Trinajstić information content (AvgIpc) is 3.21. The summed E-state index contributed by atoms with van der Waals surface area (Å²) >= 11 is 0. The fourth-order valence-corrected chi connectivity index (χ4v) is 5.35. The summed E-state index contributed by atoms with van der Waals surface area (Å²) in [6.07, 6.45) is -1.55. The third-order valence-corrected chi connectivity index (χ3v) is 7.33. The Balaban J connectivity index is 2.00. The molecule has 0 bridgehead atoms. The van der Waals surface area contributed by atoms with Crippen LogP contribution in [0.3, 0.4) is 0 Å². The van der Waals surface area contributed by atoms with Gasteiger partial charge >= 0.3 is 22.4 Å². The number of carboxylic acid groups (broad SMARTS) is 1. The van der Waals surface area contributed by atoms with Gasteiger partial charge in [-0.05, 0) is 26.7 Å². The topological polar surface area (TPSA) is 157 Å². The summed E-state index contributed by atoms with van der Waals surface area (Å²) in [5, 5.41) is 20.4. The highest BCUT2D eigenvalue weighted by Crippen LogP contribution is 2.44. The minimum Gasteiger partial charge on any atom is -0.506 e. The highest BCUT2D eigenvalue weighted by molar-refractivity contribution is 7.92. The van der Waals surface area contributed by atoms with Crippen LogP contribution in [0.15, 0.2) is 6.07 Å². The quantitative estimate of drug-likeness (QED) is 0.506. The maximum absolute atomic E-state index is 15.6. The number of amides is 3. The number of ether oxygens (including phenoxy) is 1. The fraction of sp³-hybridized carbons (Fsp3) is 0.591. The molecule has 1 aromatic rings. The number of nitrogens with zero attached hydrogens (tertiary/aromatic N) is 3. The smallest absolute Gasteiger partial charge is 0.412 e. The number of hydrogen-bond acceptors (Lipinski definition) is 7. The van der Waals surface area contributed by atoms with Crippen molar-refractivity contribution in [2.24, 2.45) is 5.92 Å². The Morgan fingerprint density at radius 2 is 2.00 bits per heavy atom. The van der Waals surface area contributed by atoms with Crippen LogP contribution in [-0.2, 0) is 26.2 Å². The van der Waals surface area contributed by atoms with Crippen LogP contribution in [0.25, 0.3) is 0 Å². The van der Waals surface area contributed by atoms with Crippen LogP contribution in [-0.4, -0.2) is 72.9 Å². The van der Waals surface area contributed by atoms with Gasteiger partial charge in [0, 0.05) is 31.1 Å². The second-order valence-corrected chi connectivity index (χ2v) is 11.6. The second kappa shape index (κ2) is 9.64. The molecule has 3 rings (SSSR count). The molecule has 0 spiro atoms. The van der Waals surface area contributed by atoms with Gasteiger partial charge in [0.15, 0.2) is 5.82 Å². The van der Waals surface area contributed by atoms with Crippen molar-refractivity contribution in [2.75, 3.05) is 28.8 Å². The highest BCUT2D eigenvalue weighted by Gasteiger charge is 2.43. The normalized spacial score (nSPS) is 19.6. The molecule has 200 valence electrons. The van der Waals surface area contributed by atoms with E-state index in [4.69, 9.17) is 4.74 Å². The predicted molar refractivity (Wildman–Crippen MR) is 128 cm³/mol. The van der Waals surface area contributed by atoms with Gasteiger partial charge in [-0.15, -0.1) is 0 Å². The number of hydrogen-bond donors (Lipinski definition) is 3. The van der Waals surface area contributed by atoms with Crippen LogP contribution in [0.5, 0.6) is 5.75 Å². The third kappa shape index (κ3) is 5.42. The monoisotopic (exact) mass is 530 g/mol. The van der Waals surface area contributed by atoms with Gasteiger partial charge in [0.1, 0.15) is 23.6 Å². The Morgan fingerprint density at radius 1 is 1.36 bits per heavy atom. The molecule has 2 aliphatic heterocycles. The molecule has 2 atom stereocenters.